The molecule has 7 nitrogen and oxygen atoms in total. The lowest BCUT2D eigenvalue weighted by Gasteiger charge is -2.12. The summed E-state index contributed by atoms with van der Waals surface area (Å²) in [6.45, 7) is 3.18. The number of pyridine rings is 1. The second kappa shape index (κ2) is 6.52. The van der Waals surface area contributed by atoms with Gasteiger partial charge in [0.25, 0.3) is 0 Å². The SMILES string of the molecule is COc1cc(-c2noc(C3NCCOc4ccccc43)n2)cc(C)n1. The van der Waals surface area contributed by atoms with E-state index < -0.39 is 0 Å². The summed E-state index contributed by atoms with van der Waals surface area (Å²) in [5.74, 6) is 2.36. The van der Waals surface area contributed by atoms with Crippen LogP contribution in [0.5, 0.6) is 11.6 Å². The van der Waals surface area contributed by atoms with Crippen molar-refractivity contribution < 1.29 is 14.0 Å². The van der Waals surface area contributed by atoms with Crippen molar-refractivity contribution in [2.75, 3.05) is 20.3 Å². The summed E-state index contributed by atoms with van der Waals surface area (Å²) in [5, 5.41) is 7.53. The van der Waals surface area contributed by atoms with Gasteiger partial charge in [-0.05, 0) is 19.1 Å². The lowest BCUT2D eigenvalue weighted by molar-refractivity contribution is 0.320. The zero-order valence-electron chi connectivity index (χ0n) is 14.0. The molecule has 1 N–H and O–H groups in total. The van der Waals surface area contributed by atoms with Gasteiger partial charge in [0, 0.05) is 29.4 Å². The number of benzene rings is 1. The molecule has 2 aromatic heterocycles. The largest absolute Gasteiger partial charge is 0.492 e. The van der Waals surface area contributed by atoms with Crippen LogP contribution >= 0.6 is 0 Å². The Hall–Kier alpha value is -2.93. The monoisotopic (exact) mass is 338 g/mol. The third-order valence-electron chi connectivity index (χ3n) is 4.02. The molecule has 0 bridgehead atoms. The summed E-state index contributed by atoms with van der Waals surface area (Å²) in [7, 11) is 1.58. The molecule has 25 heavy (non-hydrogen) atoms. The highest BCUT2D eigenvalue weighted by Crippen LogP contribution is 2.32. The van der Waals surface area contributed by atoms with Crippen LogP contribution in [-0.2, 0) is 0 Å². The van der Waals surface area contributed by atoms with Crippen molar-refractivity contribution in [3.63, 3.8) is 0 Å². The van der Waals surface area contributed by atoms with Crippen molar-refractivity contribution in [1.82, 2.24) is 20.4 Å². The number of para-hydroxylation sites is 1. The molecule has 4 rings (SSSR count). The Balaban J connectivity index is 1.71. The first-order chi connectivity index (χ1) is 12.2. The molecule has 0 radical (unpaired) electrons. The number of nitrogens with one attached hydrogen (secondary N) is 1. The molecule has 0 fully saturated rings. The number of methoxy groups -OCH3 is 1. The molecule has 0 saturated carbocycles. The number of fused-ring (bicyclic) bond motifs is 1. The summed E-state index contributed by atoms with van der Waals surface area (Å²) < 4.78 is 16.5. The average Bonchev–Trinajstić information content (AvgIpc) is 3.02. The van der Waals surface area contributed by atoms with Gasteiger partial charge in [-0.1, -0.05) is 23.4 Å². The summed E-state index contributed by atoms with van der Waals surface area (Å²) in [6, 6.07) is 11.4. The Morgan fingerprint density at radius 3 is 2.96 bits per heavy atom. The van der Waals surface area contributed by atoms with Gasteiger partial charge in [0.2, 0.25) is 17.6 Å². The number of aryl methyl sites for hydroxylation is 1. The Morgan fingerprint density at radius 2 is 2.08 bits per heavy atom. The molecule has 0 saturated heterocycles. The highest BCUT2D eigenvalue weighted by atomic mass is 16.5. The normalized spacial score (nSPS) is 16.6. The zero-order chi connectivity index (χ0) is 17.2. The minimum Gasteiger partial charge on any atom is -0.492 e. The third-order valence-corrected chi connectivity index (χ3v) is 4.02. The molecule has 1 atom stereocenters. The van der Waals surface area contributed by atoms with Gasteiger partial charge in [0.05, 0.1) is 7.11 Å². The minimum atomic E-state index is -0.204. The number of aromatic nitrogens is 3. The number of nitrogens with zero attached hydrogens (tertiary/aromatic N) is 3. The Bertz CT molecular complexity index is 894. The van der Waals surface area contributed by atoms with Gasteiger partial charge in [0.1, 0.15) is 18.4 Å². The van der Waals surface area contributed by atoms with Gasteiger partial charge in [-0.25, -0.2) is 4.98 Å². The topological polar surface area (TPSA) is 82.3 Å². The van der Waals surface area contributed by atoms with Crippen LogP contribution in [0.2, 0.25) is 0 Å². The highest BCUT2D eigenvalue weighted by molar-refractivity contribution is 5.56. The zero-order valence-corrected chi connectivity index (χ0v) is 14.0. The fraction of sp³-hybridized carbons (Fsp3) is 0.278. The molecule has 128 valence electrons. The van der Waals surface area contributed by atoms with E-state index in [0.717, 1.165) is 22.6 Å². The molecule has 3 heterocycles. The maximum absolute atomic E-state index is 5.76. The molecule has 0 amide bonds. The van der Waals surface area contributed by atoms with Crippen molar-refractivity contribution in [3.05, 3.63) is 53.5 Å². The maximum Gasteiger partial charge on any atom is 0.248 e. The summed E-state index contributed by atoms with van der Waals surface area (Å²) in [4.78, 5) is 8.86. The summed E-state index contributed by atoms with van der Waals surface area (Å²) >= 11 is 0. The second-order valence-corrected chi connectivity index (χ2v) is 5.77. The van der Waals surface area contributed by atoms with E-state index in [1.54, 1.807) is 13.2 Å². The van der Waals surface area contributed by atoms with E-state index in [-0.39, 0.29) is 6.04 Å². The van der Waals surface area contributed by atoms with E-state index in [1.807, 2.05) is 37.3 Å². The predicted molar refractivity (Wildman–Crippen MR) is 90.6 cm³/mol. The molecule has 1 aliphatic rings. The first-order valence-corrected chi connectivity index (χ1v) is 8.06. The van der Waals surface area contributed by atoms with Crippen molar-refractivity contribution >= 4 is 0 Å². The van der Waals surface area contributed by atoms with Crippen molar-refractivity contribution in [2.45, 2.75) is 13.0 Å². The van der Waals surface area contributed by atoms with E-state index in [2.05, 4.69) is 20.4 Å². The maximum atomic E-state index is 5.76. The summed E-state index contributed by atoms with van der Waals surface area (Å²) in [5.41, 5.74) is 2.61. The standard InChI is InChI=1S/C18H18N4O3/c1-11-9-12(10-15(20-11)23-2)17-21-18(25-22-17)16-13-5-3-4-6-14(13)24-8-7-19-16/h3-6,9-10,16,19H,7-8H2,1-2H3. The van der Waals surface area contributed by atoms with Gasteiger partial charge in [-0.3, -0.25) is 5.32 Å². The van der Waals surface area contributed by atoms with Crippen LogP contribution in [0.25, 0.3) is 11.4 Å². The molecule has 1 aliphatic heterocycles. The second-order valence-electron chi connectivity index (χ2n) is 5.77. The van der Waals surface area contributed by atoms with Crippen LogP contribution < -0.4 is 14.8 Å². The molecule has 7 heteroatoms. The molecule has 1 unspecified atom stereocenters. The van der Waals surface area contributed by atoms with E-state index in [0.29, 0.717) is 30.7 Å². The average molecular weight is 338 g/mol. The van der Waals surface area contributed by atoms with Crippen LogP contribution in [0, 0.1) is 6.92 Å². The van der Waals surface area contributed by atoms with E-state index in [9.17, 15) is 0 Å². The van der Waals surface area contributed by atoms with Crippen LogP contribution in [0.4, 0.5) is 0 Å². The van der Waals surface area contributed by atoms with Crippen LogP contribution in [0.3, 0.4) is 0 Å². The Kier molecular flexibility index (Phi) is 4.07. The molecule has 0 spiro atoms. The van der Waals surface area contributed by atoms with E-state index in [4.69, 9.17) is 14.0 Å². The lowest BCUT2D eigenvalue weighted by atomic mass is 10.1. The van der Waals surface area contributed by atoms with Gasteiger partial charge >= 0.3 is 0 Å². The predicted octanol–water partition coefficient (Wildman–Crippen LogP) is 2.52. The quantitative estimate of drug-likeness (QED) is 0.785. The Labute approximate surface area is 145 Å². The Morgan fingerprint density at radius 1 is 1.20 bits per heavy atom. The van der Waals surface area contributed by atoms with E-state index in [1.165, 1.54) is 0 Å². The number of hydrogen-bond acceptors (Lipinski definition) is 7. The molecular formula is C18H18N4O3. The number of ether oxygens (including phenoxy) is 2. The van der Waals surface area contributed by atoms with E-state index >= 15 is 0 Å². The number of rotatable bonds is 3. The summed E-state index contributed by atoms with van der Waals surface area (Å²) in [6.07, 6.45) is 0. The van der Waals surface area contributed by atoms with Crippen molar-refractivity contribution in [3.8, 4) is 23.0 Å². The van der Waals surface area contributed by atoms with Crippen molar-refractivity contribution in [2.24, 2.45) is 0 Å². The van der Waals surface area contributed by atoms with Gasteiger partial charge in [-0.15, -0.1) is 0 Å². The highest BCUT2D eigenvalue weighted by Gasteiger charge is 2.26. The van der Waals surface area contributed by atoms with Gasteiger partial charge in [-0.2, -0.15) is 4.98 Å². The fourth-order valence-corrected chi connectivity index (χ4v) is 2.89. The van der Waals surface area contributed by atoms with Crippen LogP contribution in [-0.4, -0.2) is 35.4 Å². The first kappa shape index (κ1) is 15.6. The molecule has 0 aliphatic carbocycles. The molecule has 3 aromatic rings. The molecular weight excluding hydrogens is 320 g/mol. The lowest BCUT2D eigenvalue weighted by Crippen LogP contribution is -2.24. The number of hydrogen-bond donors (Lipinski definition) is 1. The van der Waals surface area contributed by atoms with Crippen LogP contribution in [0.1, 0.15) is 23.2 Å². The first-order valence-electron chi connectivity index (χ1n) is 8.06. The molecule has 1 aromatic carbocycles. The smallest absolute Gasteiger partial charge is 0.248 e. The minimum absolute atomic E-state index is 0.204. The fourth-order valence-electron chi connectivity index (χ4n) is 2.89. The van der Waals surface area contributed by atoms with Crippen molar-refractivity contribution in [1.29, 1.82) is 0 Å². The van der Waals surface area contributed by atoms with Gasteiger partial charge in [0.15, 0.2) is 0 Å². The van der Waals surface area contributed by atoms with Crippen LogP contribution in [0.15, 0.2) is 40.9 Å². The third kappa shape index (κ3) is 3.06. The van der Waals surface area contributed by atoms with Gasteiger partial charge < -0.3 is 14.0 Å².